The lowest BCUT2D eigenvalue weighted by Crippen LogP contribution is -2.36. The molecular weight excluding hydrogens is 174 g/mol. The van der Waals surface area contributed by atoms with E-state index in [0.717, 1.165) is 0 Å². The molecule has 0 saturated heterocycles. The molecule has 0 heterocycles. The number of hydrogen-bond donors (Lipinski definition) is 1. The molecule has 1 atom stereocenters. The zero-order chi connectivity index (χ0) is 10.6. The Morgan fingerprint density at radius 1 is 1.14 bits per heavy atom. The van der Waals surface area contributed by atoms with Gasteiger partial charge in [0.2, 0.25) is 0 Å². The van der Waals surface area contributed by atoms with Crippen molar-refractivity contribution in [1.82, 2.24) is 5.48 Å². The van der Waals surface area contributed by atoms with E-state index in [9.17, 15) is 0 Å². The minimum absolute atomic E-state index is 0.0109. The lowest BCUT2D eigenvalue weighted by molar-refractivity contribution is -0.0544. The van der Waals surface area contributed by atoms with Gasteiger partial charge in [0.15, 0.2) is 0 Å². The first-order chi connectivity index (χ1) is 6.49. The van der Waals surface area contributed by atoms with Crippen LogP contribution in [0, 0.1) is 0 Å². The molecule has 2 heteroatoms. The van der Waals surface area contributed by atoms with Crippen LogP contribution in [0.2, 0.25) is 0 Å². The molecule has 1 rings (SSSR count). The van der Waals surface area contributed by atoms with Gasteiger partial charge in [0.1, 0.15) is 6.10 Å². The summed E-state index contributed by atoms with van der Waals surface area (Å²) in [5, 5.41) is 0. The Balaban J connectivity index is 2.48. The van der Waals surface area contributed by atoms with E-state index >= 15 is 0 Å². The summed E-state index contributed by atoms with van der Waals surface area (Å²) in [5.41, 5.74) is 4.19. The minimum atomic E-state index is -0.0109. The summed E-state index contributed by atoms with van der Waals surface area (Å²) in [6.07, 6.45) is 0.0791. The van der Waals surface area contributed by atoms with Gasteiger partial charge in [0, 0.05) is 5.54 Å². The highest BCUT2D eigenvalue weighted by atomic mass is 16.7. The maximum Gasteiger partial charge on any atom is 0.101 e. The third-order valence-electron chi connectivity index (χ3n) is 1.81. The molecule has 0 fully saturated rings. The van der Waals surface area contributed by atoms with E-state index in [1.807, 2.05) is 25.1 Å². The summed E-state index contributed by atoms with van der Waals surface area (Å²) in [4.78, 5) is 5.54. The van der Waals surface area contributed by atoms with Crippen molar-refractivity contribution in [2.45, 2.75) is 39.3 Å². The molecule has 0 saturated carbocycles. The van der Waals surface area contributed by atoms with Crippen LogP contribution in [-0.4, -0.2) is 5.54 Å². The molecule has 1 aromatic rings. The summed E-state index contributed by atoms with van der Waals surface area (Å²) in [6, 6.07) is 10.2. The number of rotatable bonds is 3. The van der Waals surface area contributed by atoms with E-state index in [1.165, 1.54) is 5.56 Å². The molecule has 0 aromatic heterocycles. The van der Waals surface area contributed by atoms with Crippen molar-refractivity contribution in [1.29, 1.82) is 0 Å². The van der Waals surface area contributed by atoms with E-state index in [-0.39, 0.29) is 11.6 Å². The van der Waals surface area contributed by atoms with Crippen LogP contribution in [0.3, 0.4) is 0 Å². The van der Waals surface area contributed by atoms with Crippen molar-refractivity contribution in [3.63, 3.8) is 0 Å². The highest BCUT2D eigenvalue weighted by Crippen LogP contribution is 2.15. The van der Waals surface area contributed by atoms with Crippen LogP contribution < -0.4 is 5.48 Å². The average Bonchev–Trinajstić information content (AvgIpc) is 2.14. The first-order valence-electron chi connectivity index (χ1n) is 4.97. The Labute approximate surface area is 86.2 Å². The molecule has 0 aliphatic carbocycles. The van der Waals surface area contributed by atoms with Crippen LogP contribution in [0.5, 0.6) is 0 Å². The van der Waals surface area contributed by atoms with E-state index in [2.05, 4.69) is 38.4 Å². The SMILES string of the molecule is CC(ONC(C)(C)C)c1ccccc1. The largest absolute Gasteiger partial charge is 0.294 e. The van der Waals surface area contributed by atoms with Crippen LogP contribution in [0.1, 0.15) is 39.4 Å². The quantitative estimate of drug-likeness (QED) is 0.745. The Bertz CT molecular complexity index is 263. The third kappa shape index (κ3) is 3.90. The third-order valence-corrected chi connectivity index (χ3v) is 1.81. The fraction of sp³-hybridized carbons (Fsp3) is 0.500. The lowest BCUT2D eigenvalue weighted by Gasteiger charge is -2.23. The van der Waals surface area contributed by atoms with Gasteiger partial charge in [-0.15, -0.1) is 0 Å². The predicted octanol–water partition coefficient (Wildman–Crippen LogP) is 3.07. The zero-order valence-corrected chi connectivity index (χ0v) is 9.37. The first-order valence-corrected chi connectivity index (χ1v) is 4.97. The number of benzene rings is 1. The molecular formula is C12H19NO. The van der Waals surface area contributed by atoms with E-state index in [1.54, 1.807) is 0 Å². The second kappa shape index (κ2) is 4.58. The summed E-state index contributed by atoms with van der Waals surface area (Å²) in [7, 11) is 0. The molecule has 1 N–H and O–H groups in total. The maximum absolute atomic E-state index is 5.54. The van der Waals surface area contributed by atoms with Gasteiger partial charge in [-0.25, -0.2) is 0 Å². The fourth-order valence-corrected chi connectivity index (χ4v) is 1.06. The van der Waals surface area contributed by atoms with Gasteiger partial charge in [0.25, 0.3) is 0 Å². The molecule has 0 aliphatic heterocycles. The average molecular weight is 193 g/mol. The molecule has 0 amide bonds. The predicted molar refractivity (Wildman–Crippen MR) is 58.8 cm³/mol. The summed E-state index contributed by atoms with van der Waals surface area (Å²) in [5.74, 6) is 0. The minimum Gasteiger partial charge on any atom is -0.294 e. The van der Waals surface area contributed by atoms with Crippen LogP contribution in [-0.2, 0) is 4.84 Å². The van der Waals surface area contributed by atoms with Crippen molar-refractivity contribution >= 4 is 0 Å². The van der Waals surface area contributed by atoms with Gasteiger partial charge in [0.05, 0.1) is 0 Å². The molecule has 1 unspecified atom stereocenters. The second-order valence-electron chi connectivity index (χ2n) is 4.52. The fourth-order valence-electron chi connectivity index (χ4n) is 1.06. The number of hydroxylamine groups is 1. The number of hydrogen-bond acceptors (Lipinski definition) is 2. The topological polar surface area (TPSA) is 21.3 Å². The van der Waals surface area contributed by atoms with Gasteiger partial charge >= 0.3 is 0 Å². The Morgan fingerprint density at radius 3 is 2.21 bits per heavy atom. The van der Waals surface area contributed by atoms with Crippen LogP contribution in [0.4, 0.5) is 0 Å². The van der Waals surface area contributed by atoms with E-state index < -0.39 is 0 Å². The maximum atomic E-state index is 5.54. The summed E-state index contributed by atoms with van der Waals surface area (Å²) in [6.45, 7) is 8.26. The van der Waals surface area contributed by atoms with Gasteiger partial charge in [-0.05, 0) is 33.3 Å². The molecule has 0 aliphatic rings. The smallest absolute Gasteiger partial charge is 0.101 e. The normalized spacial score (nSPS) is 14.0. The molecule has 0 bridgehead atoms. The number of nitrogens with one attached hydrogen (secondary N) is 1. The highest BCUT2D eigenvalue weighted by Gasteiger charge is 2.12. The Hall–Kier alpha value is -0.860. The molecule has 1 aromatic carbocycles. The van der Waals surface area contributed by atoms with Gasteiger partial charge in [-0.2, -0.15) is 5.48 Å². The molecule has 0 radical (unpaired) electrons. The van der Waals surface area contributed by atoms with Gasteiger partial charge in [-0.1, -0.05) is 30.3 Å². The Morgan fingerprint density at radius 2 is 1.71 bits per heavy atom. The zero-order valence-electron chi connectivity index (χ0n) is 9.37. The molecule has 78 valence electrons. The molecule has 0 spiro atoms. The van der Waals surface area contributed by atoms with Crippen LogP contribution in [0.25, 0.3) is 0 Å². The molecule has 14 heavy (non-hydrogen) atoms. The van der Waals surface area contributed by atoms with Crippen LogP contribution >= 0.6 is 0 Å². The highest BCUT2D eigenvalue weighted by molar-refractivity contribution is 5.16. The van der Waals surface area contributed by atoms with Gasteiger partial charge < -0.3 is 0 Å². The van der Waals surface area contributed by atoms with Crippen molar-refractivity contribution < 1.29 is 4.84 Å². The Kier molecular flexibility index (Phi) is 3.67. The van der Waals surface area contributed by atoms with Crippen molar-refractivity contribution in [2.24, 2.45) is 0 Å². The van der Waals surface area contributed by atoms with Crippen LogP contribution in [0.15, 0.2) is 30.3 Å². The lowest BCUT2D eigenvalue weighted by atomic mass is 10.1. The van der Waals surface area contributed by atoms with Gasteiger partial charge in [-0.3, -0.25) is 4.84 Å². The monoisotopic (exact) mass is 193 g/mol. The molecule has 2 nitrogen and oxygen atoms in total. The first kappa shape index (κ1) is 11.2. The summed E-state index contributed by atoms with van der Waals surface area (Å²) < 4.78 is 0. The second-order valence-corrected chi connectivity index (χ2v) is 4.52. The van der Waals surface area contributed by atoms with E-state index in [0.29, 0.717) is 0 Å². The van der Waals surface area contributed by atoms with Crippen molar-refractivity contribution in [3.05, 3.63) is 35.9 Å². The van der Waals surface area contributed by atoms with E-state index in [4.69, 9.17) is 4.84 Å². The van der Waals surface area contributed by atoms with Crippen molar-refractivity contribution in [2.75, 3.05) is 0 Å². The standard InChI is InChI=1S/C12H19NO/c1-10(14-13-12(2,3)4)11-8-6-5-7-9-11/h5-10,13H,1-4H3. The summed E-state index contributed by atoms with van der Waals surface area (Å²) >= 11 is 0. The van der Waals surface area contributed by atoms with Crippen molar-refractivity contribution in [3.8, 4) is 0 Å².